The lowest BCUT2D eigenvalue weighted by molar-refractivity contribution is -0.148. The van der Waals surface area contributed by atoms with Crippen molar-refractivity contribution in [3.8, 4) is 0 Å². The molecule has 0 saturated carbocycles. The van der Waals surface area contributed by atoms with Crippen LogP contribution in [0.15, 0.2) is 5.29 Å². The van der Waals surface area contributed by atoms with Crippen molar-refractivity contribution in [1.29, 1.82) is 0 Å². The average molecular weight is 135 g/mol. The number of carboxylic acids is 1. The van der Waals surface area contributed by atoms with Crippen LogP contribution in [0, 0.1) is 4.91 Å². The Morgan fingerprint density at radius 1 is 2.11 bits per heavy atom. The summed E-state index contributed by atoms with van der Waals surface area (Å²) < 4.78 is 35.3. The van der Waals surface area contributed by atoms with E-state index in [1.165, 1.54) is 0 Å². The lowest BCUT2D eigenvalue weighted by Crippen LogP contribution is -2.48. The molecule has 0 aromatic carbocycles. The number of nitroso groups, excluding NO2 is 1. The van der Waals surface area contributed by atoms with Crippen molar-refractivity contribution in [2.45, 2.75) is 12.4 Å². The summed E-state index contributed by atoms with van der Waals surface area (Å²) in [5.41, 5.74) is 0. The van der Waals surface area contributed by atoms with Crippen LogP contribution in [0.5, 0.6) is 0 Å². The zero-order valence-corrected chi connectivity index (χ0v) is 4.16. The van der Waals surface area contributed by atoms with E-state index in [0.29, 0.717) is 0 Å². The van der Waals surface area contributed by atoms with Gasteiger partial charge in [-0.15, -0.1) is 4.91 Å². The van der Waals surface area contributed by atoms with Crippen LogP contribution in [0.25, 0.3) is 0 Å². The van der Waals surface area contributed by atoms with Crippen molar-refractivity contribution < 1.29 is 16.8 Å². The predicted octanol–water partition coefficient (Wildman–Crippen LogP) is -0.173. The van der Waals surface area contributed by atoms with Gasteiger partial charge in [-0.05, 0) is 6.37 Å². The molecule has 5 heteroatoms. The van der Waals surface area contributed by atoms with Crippen LogP contribution in [0.4, 0.5) is 0 Å². The Balaban J connectivity index is 3.23. The van der Waals surface area contributed by atoms with E-state index in [0.717, 1.165) is 0 Å². The molecule has 1 aliphatic heterocycles. The number of carboxylic acid groups (broad SMARTS) is 1. The first-order valence-corrected chi connectivity index (χ1v) is 2.01. The van der Waals surface area contributed by atoms with E-state index in [2.05, 4.69) is 0 Å². The highest BCUT2D eigenvalue weighted by molar-refractivity contribution is 5.74. The molecule has 0 aliphatic carbocycles. The van der Waals surface area contributed by atoms with Crippen molar-refractivity contribution >= 4 is 5.97 Å². The standard InChI is InChI=1S/C4H6N2O3/c7-4(8)3-1-2-6(3)5-9/h3H,1-2H2,(H,7,8)/t3-/m0/s1/i1D2,2D2,3D. The van der Waals surface area contributed by atoms with E-state index in [-0.39, 0.29) is 5.01 Å². The Morgan fingerprint density at radius 3 is 3.11 bits per heavy atom. The van der Waals surface area contributed by atoms with Gasteiger partial charge in [0.15, 0.2) is 0 Å². The van der Waals surface area contributed by atoms with Crippen LogP contribution in [0.3, 0.4) is 0 Å². The van der Waals surface area contributed by atoms with Gasteiger partial charge in [0.2, 0.25) is 0 Å². The Hall–Kier alpha value is -1.13. The van der Waals surface area contributed by atoms with Crippen LogP contribution in [0.1, 0.15) is 13.2 Å². The summed E-state index contributed by atoms with van der Waals surface area (Å²) in [6.07, 6.45) is -3.00. The third-order valence-electron chi connectivity index (χ3n) is 0.776. The lowest BCUT2D eigenvalue weighted by atomic mass is 10.1. The summed E-state index contributed by atoms with van der Waals surface area (Å²) in [5.74, 6) is -1.96. The third-order valence-corrected chi connectivity index (χ3v) is 0.776. The molecule has 1 atom stereocenters. The molecular weight excluding hydrogens is 124 g/mol. The van der Waals surface area contributed by atoms with Gasteiger partial charge >= 0.3 is 5.97 Å². The molecule has 0 aromatic rings. The van der Waals surface area contributed by atoms with Crippen LogP contribution in [0.2, 0.25) is 0 Å². The number of carbonyl (C=O) groups is 1. The van der Waals surface area contributed by atoms with Gasteiger partial charge in [-0.1, -0.05) is 0 Å². The van der Waals surface area contributed by atoms with Crippen molar-refractivity contribution in [3.63, 3.8) is 0 Å². The molecule has 0 amide bonds. The summed E-state index contributed by atoms with van der Waals surface area (Å²) >= 11 is 0. The van der Waals surface area contributed by atoms with Crippen LogP contribution < -0.4 is 0 Å². The van der Waals surface area contributed by atoms with Gasteiger partial charge in [0.25, 0.3) is 0 Å². The lowest BCUT2D eigenvalue weighted by Gasteiger charge is -2.31. The van der Waals surface area contributed by atoms with Gasteiger partial charge < -0.3 is 5.11 Å². The van der Waals surface area contributed by atoms with E-state index in [1.807, 2.05) is 5.29 Å². The van der Waals surface area contributed by atoms with Gasteiger partial charge in [0, 0.05) is 9.24 Å². The highest BCUT2D eigenvalue weighted by Crippen LogP contribution is 2.16. The smallest absolute Gasteiger partial charge is 0.328 e. The SMILES string of the molecule is [2H]C1([2H])N(N=O)[C@]([2H])(C(=O)O)C1([2H])[2H]. The molecular formula is C4H6N2O3. The number of aliphatic carboxylic acids is 1. The second-order valence-electron chi connectivity index (χ2n) is 1.28. The molecule has 0 aromatic heterocycles. The molecule has 50 valence electrons. The minimum Gasteiger partial charge on any atom is -0.480 e. The summed E-state index contributed by atoms with van der Waals surface area (Å²) in [7, 11) is 0. The van der Waals surface area contributed by atoms with Crippen LogP contribution in [-0.2, 0) is 4.79 Å². The van der Waals surface area contributed by atoms with Crippen molar-refractivity contribution in [2.75, 3.05) is 6.50 Å². The van der Waals surface area contributed by atoms with Crippen molar-refractivity contribution in [3.05, 3.63) is 4.91 Å². The summed E-state index contributed by atoms with van der Waals surface area (Å²) in [6, 6.07) is -3.00. The topological polar surface area (TPSA) is 70.0 Å². The molecule has 1 aliphatic rings. The summed E-state index contributed by atoms with van der Waals surface area (Å²) in [6.45, 7) is -2.88. The first-order valence-electron chi connectivity index (χ1n) is 4.51. The van der Waals surface area contributed by atoms with Gasteiger partial charge in [-0.3, -0.25) is 0 Å². The Bertz CT molecular complexity index is 307. The molecule has 0 spiro atoms. The predicted molar refractivity (Wildman–Crippen MR) is 28.5 cm³/mol. The quantitative estimate of drug-likeness (QED) is 0.533. The first-order chi connectivity index (χ1) is 6.14. The minimum atomic E-state index is -3.00. The number of hydrogen-bond acceptors (Lipinski definition) is 3. The summed E-state index contributed by atoms with van der Waals surface area (Å²) in [5, 5.41) is 10.3. The van der Waals surface area contributed by atoms with Gasteiger partial charge in [0.1, 0.15) is 6.02 Å². The van der Waals surface area contributed by atoms with E-state index in [4.69, 9.17) is 12.0 Å². The minimum absolute atomic E-state index is 0.248. The largest absolute Gasteiger partial charge is 0.480 e. The molecule has 0 bridgehead atoms. The molecule has 0 radical (unpaired) electrons. The molecule has 1 N–H and O–H groups in total. The molecule has 1 rings (SSSR count). The maximum atomic E-state index is 10.5. The third kappa shape index (κ3) is 0.847. The van der Waals surface area contributed by atoms with E-state index >= 15 is 0 Å². The monoisotopic (exact) mass is 135 g/mol. The number of nitrogens with zero attached hydrogens (tertiary/aromatic N) is 2. The molecule has 1 heterocycles. The zero-order valence-electron chi connectivity index (χ0n) is 9.16. The van der Waals surface area contributed by atoms with Crippen LogP contribution >= 0.6 is 0 Å². The molecule has 0 unspecified atom stereocenters. The zero-order chi connectivity index (χ0) is 11.4. The first kappa shape index (κ1) is 2.24. The fourth-order valence-electron chi connectivity index (χ4n) is 0.367. The van der Waals surface area contributed by atoms with Crippen LogP contribution in [-0.4, -0.2) is 28.6 Å². The van der Waals surface area contributed by atoms with Crippen molar-refractivity contribution in [1.82, 2.24) is 5.01 Å². The second kappa shape index (κ2) is 2.00. The Labute approximate surface area is 58.2 Å². The van der Waals surface area contributed by atoms with E-state index < -0.39 is 24.9 Å². The Kier molecular flexibility index (Phi) is 0.499. The molecule has 1 saturated heterocycles. The fourth-order valence-corrected chi connectivity index (χ4v) is 0.367. The number of rotatable bonds is 2. The van der Waals surface area contributed by atoms with Gasteiger partial charge in [0.05, 0.1) is 9.40 Å². The average Bonchev–Trinajstić information content (AvgIpc) is 2.03. The maximum absolute atomic E-state index is 10.5. The fraction of sp³-hybridized carbons (Fsp3) is 0.750. The van der Waals surface area contributed by atoms with Gasteiger partial charge in [-0.2, -0.15) is 0 Å². The normalized spacial score (nSPS) is 52.4. The molecule has 1 fully saturated rings. The van der Waals surface area contributed by atoms with Crippen molar-refractivity contribution in [2.24, 2.45) is 5.29 Å². The highest BCUT2D eigenvalue weighted by Gasteiger charge is 2.34. The second-order valence-corrected chi connectivity index (χ2v) is 1.28. The number of hydrogen-bond donors (Lipinski definition) is 1. The van der Waals surface area contributed by atoms with Gasteiger partial charge in [-0.25, -0.2) is 9.80 Å². The molecule has 9 heavy (non-hydrogen) atoms. The maximum Gasteiger partial charge on any atom is 0.328 e. The van der Waals surface area contributed by atoms with E-state index in [1.54, 1.807) is 0 Å². The summed E-state index contributed by atoms with van der Waals surface area (Å²) in [4.78, 5) is 20.6. The highest BCUT2D eigenvalue weighted by atomic mass is 16.4. The van der Waals surface area contributed by atoms with E-state index in [9.17, 15) is 9.70 Å². The Morgan fingerprint density at radius 2 is 2.78 bits per heavy atom. The molecule has 5 nitrogen and oxygen atoms in total.